The van der Waals surface area contributed by atoms with Gasteiger partial charge in [-0.25, -0.2) is 4.39 Å². The van der Waals surface area contributed by atoms with Gasteiger partial charge in [0.2, 0.25) is 11.7 Å². The summed E-state index contributed by atoms with van der Waals surface area (Å²) in [4.78, 5) is 16.6. The lowest BCUT2D eigenvalue weighted by molar-refractivity contribution is 0.102. The number of hydrogen-bond acceptors (Lipinski definition) is 4. The minimum absolute atomic E-state index is 0.0747. The molecular weight excluding hydrogens is 345 g/mol. The van der Waals surface area contributed by atoms with Crippen LogP contribution < -0.4 is 5.32 Å². The van der Waals surface area contributed by atoms with Crippen molar-refractivity contribution in [1.82, 2.24) is 10.1 Å². The van der Waals surface area contributed by atoms with Gasteiger partial charge >= 0.3 is 0 Å². The Hall–Kier alpha value is -2.73. The Balaban J connectivity index is 1.49. The molecule has 0 bridgehead atoms. The molecular formula is C18H13ClFN3O2. The first-order chi connectivity index (χ1) is 12.1. The predicted octanol–water partition coefficient (Wildman–Crippen LogP) is 4.66. The summed E-state index contributed by atoms with van der Waals surface area (Å²) >= 11 is 5.70. The first-order valence-electron chi connectivity index (χ1n) is 7.80. The molecule has 0 spiro atoms. The van der Waals surface area contributed by atoms with Crippen molar-refractivity contribution >= 4 is 23.2 Å². The quantitative estimate of drug-likeness (QED) is 0.737. The van der Waals surface area contributed by atoms with Crippen LogP contribution in [-0.4, -0.2) is 16.0 Å². The number of amides is 1. The lowest BCUT2D eigenvalue weighted by atomic mass is 10.1. The van der Waals surface area contributed by atoms with Gasteiger partial charge in [-0.05, 0) is 43.2 Å². The molecule has 1 aliphatic rings. The van der Waals surface area contributed by atoms with Crippen molar-refractivity contribution in [3.05, 3.63) is 64.8 Å². The molecule has 0 aliphatic heterocycles. The fourth-order valence-electron chi connectivity index (χ4n) is 2.40. The minimum atomic E-state index is -0.586. The molecule has 25 heavy (non-hydrogen) atoms. The molecule has 1 aromatic heterocycles. The Bertz CT molecular complexity index is 936. The lowest BCUT2D eigenvalue weighted by Gasteiger charge is -2.07. The number of benzene rings is 2. The molecule has 1 amide bonds. The van der Waals surface area contributed by atoms with Gasteiger partial charge in [-0.15, -0.1) is 0 Å². The van der Waals surface area contributed by atoms with Gasteiger partial charge in [-0.2, -0.15) is 4.98 Å². The number of aromatic nitrogens is 2. The number of carbonyl (C=O) groups is 1. The van der Waals surface area contributed by atoms with Crippen LogP contribution in [0.1, 0.15) is 35.0 Å². The standard InChI is InChI=1S/C18H13ClFN3O2/c19-13-7-8-15(14(20)9-13)21-17(24)11-3-1-10(2-4-11)16-22-18(25-23-16)12-5-6-12/h1-4,7-9,12H,5-6H2,(H,21,24). The Morgan fingerprint density at radius 1 is 1.20 bits per heavy atom. The van der Waals surface area contributed by atoms with E-state index in [1.807, 2.05) is 0 Å². The van der Waals surface area contributed by atoms with E-state index < -0.39 is 11.7 Å². The summed E-state index contributed by atoms with van der Waals surface area (Å²) in [7, 11) is 0. The molecule has 4 rings (SSSR count). The van der Waals surface area contributed by atoms with Crippen LogP contribution in [0.4, 0.5) is 10.1 Å². The highest BCUT2D eigenvalue weighted by atomic mass is 35.5. The van der Waals surface area contributed by atoms with E-state index in [9.17, 15) is 9.18 Å². The van der Waals surface area contributed by atoms with Crippen molar-refractivity contribution in [3.63, 3.8) is 0 Å². The highest BCUT2D eigenvalue weighted by molar-refractivity contribution is 6.30. The maximum atomic E-state index is 13.8. The fraction of sp³-hybridized carbons (Fsp3) is 0.167. The first kappa shape index (κ1) is 15.8. The molecule has 1 aliphatic carbocycles. The zero-order valence-electron chi connectivity index (χ0n) is 13.0. The van der Waals surface area contributed by atoms with Gasteiger partial charge in [0.15, 0.2) is 0 Å². The molecule has 0 atom stereocenters. The van der Waals surface area contributed by atoms with E-state index in [1.165, 1.54) is 12.1 Å². The number of halogens is 2. The molecule has 5 nitrogen and oxygen atoms in total. The molecule has 0 saturated heterocycles. The minimum Gasteiger partial charge on any atom is -0.339 e. The molecule has 1 saturated carbocycles. The van der Waals surface area contributed by atoms with Crippen LogP contribution in [-0.2, 0) is 0 Å². The SMILES string of the molecule is O=C(Nc1ccc(Cl)cc1F)c1ccc(-c2noc(C3CC3)n2)cc1. The Labute approximate surface area is 147 Å². The fourth-order valence-corrected chi connectivity index (χ4v) is 2.56. The molecule has 0 radical (unpaired) electrons. The second-order valence-corrected chi connectivity index (χ2v) is 6.32. The normalized spacial score (nSPS) is 13.7. The predicted molar refractivity (Wildman–Crippen MR) is 91.1 cm³/mol. The van der Waals surface area contributed by atoms with Gasteiger partial charge in [0.25, 0.3) is 5.91 Å². The number of carbonyl (C=O) groups excluding carboxylic acids is 1. The van der Waals surface area contributed by atoms with Gasteiger partial charge < -0.3 is 9.84 Å². The van der Waals surface area contributed by atoms with E-state index in [0.717, 1.165) is 24.5 Å². The maximum absolute atomic E-state index is 13.8. The van der Waals surface area contributed by atoms with Crippen LogP contribution in [0.2, 0.25) is 5.02 Å². The number of hydrogen-bond donors (Lipinski definition) is 1. The summed E-state index contributed by atoms with van der Waals surface area (Å²) in [6.45, 7) is 0. The average molecular weight is 358 g/mol. The summed E-state index contributed by atoms with van der Waals surface area (Å²) in [6, 6.07) is 10.8. The van der Waals surface area contributed by atoms with E-state index in [2.05, 4.69) is 15.5 Å². The summed E-state index contributed by atoms with van der Waals surface area (Å²) in [5.74, 6) is 0.546. The topological polar surface area (TPSA) is 68.0 Å². The number of nitrogens with one attached hydrogen (secondary N) is 1. The van der Waals surface area contributed by atoms with Crippen molar-refractivity contribution < 1.29 is 13.7 Å². The van der Waals surface area contributed by atoms with Crippen LogP contribution >= 0.6 is 11.6 Å². The van der Waals surface area contributed by atoms with Crippen molar-refractivity contribution in [3.8, 4) is 11.4 Å². The average Bonchev–Trinajstić information content (AvgIpc) is 3.34. The van der Waals surface area contributed by atoms with E-state index in [0.29, 0.717) is 23.2 Å². The number of anilines is 1. The molecule has 1 N–H and O–H groups in total. The number of rotatable bonds is 4. The third kappa shape index (κ3) is 3.39. The van der Waals surface area contributed by atoms with Crippen molar-refractivity contribution in [2.24, 2.45) is 0 Å². The molecule has 3 aromatic rings. The molecule has 7 heteroatoms. The van der Waals surface area contributed by atoms with Crippen LogP contribution in [0.15, 0.2) is 47.0 Å². The van der Waals surface area contributed by atoms with Crippen LogP contribution in [0.3, 0.4) is 0 Å². The number of nitrogens with zero attached hydrogens (tertiary/aromatic N) is 2. The summed E-state index contributed by atoms with van der Waals surface area (Å²) in [5.41, 5.74) is 1.22. The van der Waals surface area contributed by atoms with E-state index in [4.69, 9.17) is 16.1 Å². The van der Waals surface area contributed by atoms with Gasteiger partial charge in [0, 0.05) is 22.1 Å². The molecule has 0 unspecified atom stereocenters. The van der Waals surface area contributed by atoms with E-state index >= 15 is 0 Å². The Kier molecular flexibility index (Phi) is 3.97. The summed E-state index contributed by atoms with van der Waals surface area (Å²) in [6.07, 6.45) is 2.17. The highest BCUT2D eigenvalue weighted by Gasteiger charge is 2.29. The Morgan fingerprint density at radius 3 is 2.64 bits per heavy atom. The van der Waals surface area contributed by atoms with Crippen molar-refractivity contribution in [1.29, 1.82) is 0 Å². The van der Waals surface area contributed by atoms with Gasteiger partial charge in [-0.1, -0.05) is 28.9 Å². The lowest BCUT2D eigenvalue weighted by Crippen LogP contribution is -2.12. The molecule has 1 fully saturated rings. The summed E-state index contributed by atoms with van der Waals surface area (Å²) in [5, 5.41) is 6.75. The molecule has 2 aromatic carbocycles. The zero-order chi connectivity index (χ0) is 17.4. The third-order valence-electron chi connectivity index (χ3n) is 3.95. The first-order valence-corrected chi connectivity index (χ1v) is 8.18. The Morgan fingerprint density at radius 2 is 1.96 bits per heavy atom. The largest absolute Gasteiger partial charge is 0.339 e. The van der Waals surface area contributed by atoms with E-state index in [1.54, 1.807) is 24.3 Å². The monoisotopic (exact) mass is 357 g/mol. The van der Waals surface area contributed by atoms with Gasteiger partial charge in [0.1, 0.15) is 5.82 Å². The molecule has 1 heterocycles. The van der Waals surface area contributed by atoms with Crippen LogP contribution in [0, 0.1) is 5.82 Å². The second kappa shape index (κ2) is 6.29. The van der Waals surface area contributed by atoms with E-state index in [-0.39, 0.29) is 10.7 Å². The van der Waals surface area contributed by atoms with Crippen LogP contribution in [0.25, 0.3) is 11.4 Å². The maximum Gasteiger partial charge on any atom is 0.255 e. The van der Waals surface area contributed by atoms with Crippen molar-refractivity contribution in [2.75, 3.05) is 5.32 Å². The molecule has 126 valence electrons. The summed E-state index contributed by atoms with van der Waals surface area (Å²) < 4.78 is 19.0. The van der Waals surface area contributed by atoms with Gasteiger partial charge in [-0.3, -0.25) is 4.79 Å². The highest BCUT2D eigenvalue weighted by Crippen LogP contribution is 2.39. The second-order valence-electron chi connectivity index (χ2n) is 5.89. The van der Waals surface area contributed by atoms with Crippen LogP contribution in [0.5, 0.6) is 0 Å². The smallest absolute Gasteiger partial charge is 0.255 e. The van der Waals surface area contributed by atoms with Gasteiger partial charge in [0.05, 0.1) is 5.69 Å². The zero-order valence-corrected chi connectivity index (χ0v) is 13.8. The third-order valence-corrected chi connectivity index (χ3v) is 4.19. The van der Waals surface area contributed by atoms with Crippen molar-refractivity contribution in [2.45, 2.75) is 18.8 Å².